The van der Waals surface area contributed by atoms with Crippen LogP contribution in [0.2, 0.25) is 5.02 Å². The van der Waals surface area contributed by atoms with E-state index in [1.54, 1.807) is 0 Å². The number of rotatable bonds is 3. The number of aliphatic hydroxyl groups excluding tert-OH is 1. The zero-order valence-electron chi connectivity index (χ0n) is 14.5. The van der Waals surface area contributed by atoms with Crippen LogP contribution in [0.3, 0.4) is 0 Å². The van der Waals surface area contributed by atoms with Gasteiger partial charge in [0.05, 0.1) is 28.5 Å². The summed E-state index contributed by atoms with van der Waals surface area (Å²) in [4.78, 5) is 4.60. The van der Waals surface area contributed by atoms with Crippen molar-refractivity contribution < 1.29 is 14.4 Å². The molecule has 4 nitrogen and oxygen atoms in total. The van der Waals surface area contributed by atoms with Crippen LogP contribution in [0.5, 0.6) is 0 Å². The molecule has 1 fully saturated rings. The average molecular weight is 326 g/mol. The van der Waals surface area contributed by atoms with Gasteiger partial charge in [-0.3, -0.25) is 4.98 Å². The maximum atomic E-state index is 9.53. The van der Waals surface area contributed by atoms with E-state index in [1.165, 1.54) is 0 Å². The van der Waals surface area contributed by atoms with E-state index >= 15 is 0 Å². The minimum absolute atomic E-state index is 0.0189. The van der Waals surface area contributed by atoms with Gasteiger partial charge in [0.25, 0.3) is 0 Å². The molecule has 1 aliphatic heterocycles. The van der Waals surface area contributed by atoms with E-state index in [-0.39, 0.29) is 6.61 Å². The fourth-order valence-electron chi connectivity index (χ4n) is 2.35. The van der Waals surface area contributed by atoms with E-state index in [4.69, 9.17) is 20.9 Å². The predicted molar refractivity (Wildman–Crippen MR) is 89.8 cm³/mol. The van der Waals surface area contributed by atoms with E-state index in [0.717, 1.165) is 11.2 Å². The van der Waals surface area contributed by atoms with E-state index < -0.39 is 23.7 Å². The van der Waals surface area contributed by atoms with Crippen molar-refractivity contribution in [1.29, 1.82) is 0 Å². The molecule has 0 unspecified atom stereocenters. The molecular weight excluding hydrogens is 300 g/mol. The summed E-state index contributed by atoms with van der Waals surface area (Å²) >= 11 is 6.40. The van der Waals surface area contributed by atoms with Crippen molar-refractivity contribution in [3.8, 4) is 0 Å². The summed E-state index contributed by atoms with van der Waals surface area (Å²) in [6.07, 6.45) is 0. The van der Waals surface area contributed by atoms with Gasteiger partial charge in [-0.25, -0.2) is 0 Å². The third kappa shape index (κ3) is 2.92. The van der Waals surface area contributed by atoms with E-state index in [0.29, 0.717) is 10.7 Å². The smallest absolute Gasteiger partial charge is 0.399 e. The largest absolute Gasteiger partial charge is 0.496 e. The molecule has 22 heavy (non-hydrogen) atoms. The lowest BCUT2D eigenvalue weighted by Crippen LogP contribution is -2.41. The second-order valence-corrected chi connectivity index (χ2v) is 8.03. The van der Waals surface area contributed by atoms with Crippen LogP contribution in [0.15, 0.2) is 6.07 Å². The minimum atomic E-state index is -0.490. The average Bonchev–Trinajstić information content (AvgIpc) is 2.60. The third-order valence-corrected chi connectivity index (χ3v) is 5.04. The number of aliphatic hydroxyl groups is 1. The lowest BCUT2D eigenvalue weighted by molar-refractivity contribution is 0.00578. The molecule has 1 aromatic rings. The number of aromatic nitrogens is 1. The zero-order valence-corrected chi connectivity index (χ0v) is 15.2. The fraction of sp³-hybridized carbons (Fsp3) is 0.688. The molecule has 0 amide bonds. The second-order valence-electron chi connectivity index (χ2n) is 7.62. The van der Waals surface area contributed by atoms with Gasteiger partial charge in [0, 0.05) is 16.6 Å². The van der Waals surface area contributed by atoms with Crippen LogP contribution in [0.1, 0.15) is 52.9 Å². The Hall–Kier alpha value is -0.615. The summed E-state index contributed by atoms with van der Waals surface area (Å²) in [7, 11) is -0.485. The molecule has 1 N–H and O–H groups in total. The summed E-state index contributed by atoms with van der Waals surface area (Å²) < 4.78 is 12.1. The van der Waals surface area contributed by atoms with Gasteiger partial charge in [0.15, 0.2) is 0 Å². The predicted octanol–water partition coefficient (Wildman–Crippen LogP) is 2.61. The minimum Gasteiger partial charge on any atom is -0.399 e. The van der Waals surface area contributed by atoms with Crippen molar-refractivity contribution in [2.45, 2.75) is 65.1 Å². The van der Waals surface area contributed by atoms with Gasteiger partial charge >= 0.3 is 7.12 Å². The molecule has 0 spiro atoms. The topological polar surface area (TPSA) is 51.6 Å². The molecule has 0 aliphatic carbocycles. The third-order valence-electron chi connectivity index (χ3n) is 4.75. The molecular formula is C16H25BClNO3. The van der Waals surface area contributed by atoms with E-state index in [9.17, 15) is 5.11 Å². The first-order chi connectivity index (χ1) is 9.91. The van der Waals surface area contributed by atoms with Crippen molar-refractivity contribution in [2.75, 3.05) is 6.61 Å². The highest BCUT2D eigenvalue weighted by atomic mass is 35.5. The van der Waals surface area contributed by atoms with Crippen molar-refractivity contribution >= 4 is 24.2 Å². The molecule has 0 bridgehead atoms. The van der Waals surface area contributed by atoms with Gasteiger partial charge in [-0.05, 0) is 40.7 Å². The highest BCUT2D eigenvalue weighted by Gasteiger charge is 2.52. The quantitative estimate of drug-likeness (QED) is 0.868. The van der Waals surface area contributed by atoms with Crippen molar-refractivity contribution in [3.05, 3.63) is 22.5 Å². The first-order valence-electron chi connectivity index (χ1n) is 7.55. The fourth-order valence-corrected chi connectivity index (χ4v) is 2.77. The molecule has 1 saturated heterocycles. The molecule has 2 rings (SSSR count). The summed E-state index contributed by atoms with van der Waals surface area (Å²) in [6.45, 7) is 13.8. The Bertz CT molecular complexity index is 571. The summed E-state index contributed by atoms with van der Waals surface area (Å²) in [5.41, 5.74) is 1.03. The van der Waals surface area contributed by atoms with Crippen LogP contribution in [0.25, 0.3) is 0 Å². The van der Waals surface area contributed by atoms with Gasteiger partial charge in [-0.15, -0.1) is 0 Å². The number of hydrogen-bond acceptors (Lipinski definition) is 4. The number of halogens is 1. The van der Waals surface area contributed by atoms with Gasteiger partial charge < -0.3 is 14.4 Å². The van der Waals surface area contributed by atoms with Crippen LogP contribution < -0.4 is 5.46 Å². The number of nitrogens with zero attached hydrogens (tertiary/aromatic N) is 1. The Labute approximate surface area is 138 Å². The summed E-state index contributed by atoms with van der Waals surface area (Å²) in [5, 5.41) is 10.1. The van der Waals surface area contributed by atoms with Gasteiger partial charge in [0.1, 0.15) is 0 Å². The molecule has 0 aromatic carbocycles. The highest BCUT2D eigenvalue weighted by molar-refractivity contribution is 6.62. The van der Waals surface area contributed by atoms with E-state index in [2.05, 4.69) is 4.98 Å². The maximum Gasteiger partial charge on any atom is 0.496 e. The zero-order chi connectivity index (χ0) is 16.9. The first-order valence-corrected chi connectivity index (χ1v) is 7.93. The van der Waals surface area contributed by atoms with Crippen molar-refractivity contribution in [2.24, 2.45) is 0 Å². The van der Waals surface area contributed by atoms with Crippen molar-refractivity contribution in [3.63, 3.8) is 0 Å². The van der Waals surface area contributed by atoms with Gasteiger partial charge in [-0.2, -0.15) is 0 Å². The SMILES string of the molecule is Cc1nc(C(C)(C)CO)c(Cl)cc1B1OC(C)(C)C(C)(C)O1. The first kappa shape index (κ1) is 17.7. The van der Waals surface area contributed by atoms with Gasteiger partial charge in [-0.1, -0.05) is 25.4 Å². The monoisotopic (exact) mass is 325 g/mol. The molecule has 0 atom stereocenters. The number of hydrogen-bond donors (Lipinski definition) is 1. The molecule has 122 valence electrons. The molecule has 1 aliphatic rings. The lowest BCUT2D eigenvalue weighted by atomic mass is 9.77. The molecule has 0 radical (unpaired) electrons. The lowest BCUT2D eigenvalue weighted by Gasteiger charge is -2.32. The van der Waals surface area contributed by atoms with Crippen LogP contribution in [-0.2, 0) is 14.7 Å². The molecule has 6 heteroatoms. The van der Waals surface area contributed by atoms with Crippen LogP contribution in [0, 0.1) is 6.92 Å². The van der Waals surface area contributed by atoms with Crippen LogP contribution in [-0.4, -0.2) is 35.0 Å². The van der Waals surface area contributed by atoms with Crippen LogP contribution >= 0.6 is 11.6 Å². The summed E-state index contributed by atoms with van der Waals surface area (Å²) in [5.74, 6) is 0. The standard InChI is InChI=1S/C16H25BClNO3/c1-10-11(17-21-15(4,5)16(6,7)22-17)8-12(18)13(19-10)14(2,3)9-20/h8,20H,9H2,1-7H3. The second kappa shape index (κ2) is 5.48. The van der Waals surface area contributed by atoms with E-state index in [1.807, 2.05) is 54.5 Å². The Balaban J connectivity index is 2.42. The van der Waals surface area contributed by atoms with Crippen LogP contribution in [0.4, 0.5) is 0 Å². The summed E-state index contributed by atoms with van der Waals surface area (Å²) in [6, 6.07) is 1.85. The Kier molecular flexibility index (Phi) is 4.42. The molecule has 1 aromatic heterocycles. The normalized spacial score (nSPS) is 20.5. The molecule has 0 saturated carbocycles. The number of pyridine rings is 1. The van der Waals surface area contributed by atoms with Gasteiger partial charge in [0.2, 0.25) is 0 Å². The molecule has 2 heterocycles. The highest BCUT2D eigenvalue weighted by Crippen LogP contribution is 2.37. The maximum absolute atomic E-state index is 9.53. The Morgan fingerprint density at radius 2 is 1.73 bits per heavy atom. The number of aryl methyl sites for hydroxylation is 1. The Morgan fingerprint density at radius 3 is 2.18 bits per heavy atom. The Morgan fingerprint density at radius 1 is 1.23 bits per heavy atom. The van der Waals surface area contributed by atoms with Crippen molar-refractivity contribution in [1.82, 2.24) is 4.98 Å².